The number of amides is 2. The van der Waals surface area contributed by atoms with Gasteiger partial charge in [-0.1, -0.05) is 24.3 Å². The van der Waals surface area contributed by atoms with Gasteiger partial charge in [0.15, 0.2) is 0 Å². The third-order valence-corrected chi connectivity index (χ3v) is 5.46. The summed E-state index contributed by atoms with van der Waals surface area (Å²) in [5, 5.41) is 9.90. The van der Waals surface area contributed by atoms with Crippen LogP contribution in [0.2, 0.25) is 0 Å². The molecule has 2 aromatic carbocycles. The second-order valence-electron chi connectivity index (χ2n) is 8.09. The van der Waals surface area contributed by atoms with Gasteiger partial charge in [0.05, 0.1) is 5.56 Å². The van der Waals surface area contributed by atoms with Gasteiger partial charge in [-0.05, 0) is 68.3 Å². The molecule has 0 unspecified atom stereocenters. The molecule has 0 aliphatic heterocycles. The molecule has 2 amide bonds. The van der Waals surface area contributed by atoms with E-state index >= 15 is 0 Å². The van der Waals surface area contributed by atoms with Gasteiger partial charge < -0.3 is 15.2 Å². The van der Waals surface area contributed by atoms with E-state index in [9.17, 15) is 9.59 Å². The zero-order valence-corrected chi connectivity index (χ0v) is 19.0. The Kier molecular flexibility index (Phi) is 6.40. The van der Waals surface area contributed by atoms with Crippen LogP contribution in [0.25, 0.3) is 5.69 Å². The number of carbonyl (C=O) groups excluding carboxylic acids is 2. The minimum atomic E-state index is -0.163. The van der Waals surface area contributed by atoms with E-state index in [-0.39, 0.29) is 18.4 Å². The van der Waals surface area contributed by atoms with Crippen molar-refractivity contribution in [3.05, 3.63) is 101 Å². The minimum absolute atomic E-state index is 0.130. The summed E-state index contributed by atoms with van der Waals surface area (Å²) >= 11 is 0. The summed E-state index contributed by atoms with van der Waals surface area (Å²) < 4.78 is 3.66. The fourth-order valence-electron chi connectivity index (χ4n) is 3.94. The average Bonchev–Trinajstić information content (AvgIpc) is 3.39. The van der Waals surface area contributed by atoms with Crippen LogP contribution >= 0.6 is 0 Å². The van der Waals surface area contributed by atoms with Crippen LogP contribution in [0.3, 0.4) is 0 Å². The predicted molar refractivity (Wildman–Crippen MR) is 128 cm³/mol. The number of anilines is 1. The molecule has 4 aromatic rings. The number of benzene rings is 2. The van der Waals surface area contributed by atoms with Crippen LogP contribution in [0.15, 0.2) is 73.1 Å². The smallest absolute Gasteiger partial charge is 0.253 e. The summed E-state index contributed by atoms with van der Waals surface area (Å²) in [5.74, 6) is -0.293. The zero-order valence-electron chi connectivity index (χ0n) is 19.0. The number of aromatic nitrogens is 3. The van der Waals surface area contributed by atoms with Crippen LogP contribution in [0.1, 0.15) is 32.9 Å². The number of carbonyl (C=O) groups is 2. The van der Waals surface area contributed by atoms with Crippen molar-refractivity contribution >= 4 is 17.5 Å². The first-order valence-electron chi connectivity index (χ1n) is 10.8. The van der Waals surface area contributed by atoms with Crippen LogP contribution in [0.5, 0.6) is 0 Å². The first-order chi connectivity index (χ1) is 15.9. The maximum atomic E-state index is 12.9. The highest BCUT2D eigenvalue weighted by atomic mass is 16.2. The highest BCUT2D eigenvalue weighted by Gasteiger charge is 2.16. The fraction of sp³-hybridized carbons (Fsp3) is 0.192. The number of hydrogen-bond acceptors (Lipinski definition) is 3. The zero-order chi connectivity index (χ0) is 23.4. The molecule has 0 saturated carbocycles. The van der Waals surface area contributed by atoms with Crippen molar-refractivity contribution in [2.75, 3.05) is 5.32 Å². The third-order valence-electron chi connectivity index (χ3n) is 5.46. The molecular formula is C26H27N5O2. The molecule has 0 radical (unpaired) electrons. The van der Waals surface area contributed by atoms with Gasteiger partial charge in [0.25, 0.3) is 5.91 Å². The molecular weight excluding hydrogens is 414 g/mol. The second-order valence-corrected chi connectivity index (χ2v) is 8.09. The first-order valence-corrected chi connectivity index (χ1v) is 10.8. The molecule has 0 spiro atoms. The molecule has 2 aromatic heterocycles. The van der Waals surface area contributed by atoms with E-state index in [2.05, 4.69) is 39.4 Å². The SMILES string of the molecule is Cc1cccc(-n2c(C)cc(C(=O)NCc3cccc(NC(=O)Cn4cccn4)c3)c2C)c1. The standard InChI is InChI=1S/C26H27N5O2/c1-18-7-4-10-23(13-18)31-19(2)14-24(20(31)3)26(33)27-16-21-8-5-9-22(15-21)29-25(32)17-30-12-6-11-28-30/h4-15H,16-17H2,1-3H3,(H,27,33)(H,29,32). The van der Waals surface area contributed by atoms with Crippen LogP contribution < -0.4 is 10.6 Å². The molecule has 0 aliphatic rings. The lowest BCUT2D eigenvalue weighted by Crippen LogP contribution is -2.23. The summed E-state index contributed by atoms with van der Waals surface area (Å²) in [7, 11) is 0. The Hall–Kier alpha value is -4.13. The van der Waals surface area contributed by atoms with Crippen molar-refractivity contribution in [3.63, 3.8) is 0 Å². The number of aryl methyl sites for hydroxylation is 2. The normalized spacial score (nSPS) is 10.8. The summed E-state index contributed by atoms with van der Waals surface area (Å²) in [6.07, 6.45) is 3.37. The molecule has 0 saturated heterocycles. The van der Waals surface area contributed by atoms with Crippen LogP contribution in [-0.4, -0.2) is 26.2 Å². The predicted octanol–water partition coefficient (Wildman–Crippen LogP) is 4.17. The number of nitrogens with one attached hydrogen (secondary N) is 2. The third kappa shape index (κ3) is 5.20. The Bertz CT molecular complexity index is 1290. The van der Waals surface area contributed by atoms with Gasteiger partial charge in [-0.15, -0.1) is 0 Å². The van der Waals surface area contributed by atoms with Gasteiger partial charge in [-0.3, -0.25) is 14.3 Å². The lowest BCUT2D eigenvalue weighted by molar-refractivity contribution is -0.116. The van der Waals surface area contributed by atoms with Crippen LogP contribution in [0, 0.1) is 20.8 Å². The Balaban J connectivity index is 1.41. The summed E-state index contributed by atoms with van der Waals surface area (Å²) in [4.78, 5) is 25.1. The van der Waals surface area contributed by atoms with Crippen molar-refractivity contribution in [2.45, 2.75) is 33.9 Å². The van der Waals surface area contributed by atoms with Crippen LogP contribution in [0.4, 0.5) is 5.69 Å². The molecule has 0 atom stereocenters. The van der Waals surface area contributed by atoms with E-state index in [0.29, 0.717) is 17.8 Å². The number of rotatable bonds is 7. The molecule has 2 N–H and O–H groups in total. The van der Waals surface area contributed by atoms with E-state index in [4.69, 9.17) is 0 Å². The van der Waals surface area contributed by atoms with Gasteiger partial charge in [0, 0.05) is 41.7 Å². The monoisotopic (exact) mass is 441 g/mol. The first kappa shape index (κ1) is 22.1. The van der Waals surface area contributed by atoms with E-state index < -0.39 is 0 Å². The molecule has 0 fully saturated rings. The lowest BCUT2D eigenvalue weighted by atomic mass is 10.1. The van der Waals surface area contributed by atoms with E-state index in [1.807, 2.05) is 56.3 Å². The van der Waals surface area contributed by atoms with Crippen molar-refractivity contribution in [2.24, 2.45) is 0 Å². The average molecular weight is 442 g/mol. The highest BCUT2D eigenvalue weighted by Crippen LogP contribution is 2.22. The fourth-order valence-corrected chi connectivity index (χ4v) is 3.94. The van der Waals surface area contributed by atoms with E-state index in [1.54, 1.807) is 23.1 Å². The molecule has 7 nitrogen and oxygen atoms in total. The van der Waals surface area contributed by atoms with Crippen molar-refractivity contribution in [1.82, 2.24) is 19.7 Å². The maximum Gasteiger partial charge on any atom is 0.253 e. The van der Waals surface area contributed by atoms with E-state index in [1.165, 1.54) is 5.56 Å². The molecule has 7 heteroatoms. The molecule has 2 heterocycles. The Labute approximate surface area is 193 Å². The van der Waals surface area contributed by atoms with Gasteiger partial charge in [0.1, 0.15) is 6.54 Å². The van der Waals surface area contributed by atoms with E-state index in [0.717, 1.165) is 22.6 Å². The molecule has 0 aliphatic carbocycles. The minimum Gasteiger partial charge on any atom is -0.348 e. The molecule has 168 valence electrons. The van der Waals surface area contributed by atoms with Crippen LogP contribution in [-0.2, 0) is 17.9 Å². The van der Waals surface area contributed by atoms with Gasteiger partial charge >= 0.3 is 0 Å². The number of nitrogens with zero attached hydrogens (tertiary/aromatic N) is 3. The largest absolute Gasteiger partial charge is 0.348 e. The second kappa shape index (κ2) is 9.56. The quantitative estimate of drug-likeness (QED) is 0.452. The molecule has 33 heavy (non-hydrogen) atoms. The Morgan fingerprint density at radius 3 is 2.55 bits per heavy atom. The van der Waals surface area contributed by atoms with Crippen molar-refractivity contribution in [3.8, 4) is 5.69 Å². The Morgan fingerprint density at radius 1 is 0.970 bits per heavy atom. The summed E-state index contributed by atoms with van der Waals surface area (Å²) in [6.45, 7) is 6.51. The lowest BCUT2D eigenvalue weighted by Gasteiger charge is -2.11. The van der Waals surface area contributed by atoms with Crippen molar-refractivity contribution in [1.29, 1.82) is 0 Å². The molecule has 0 bridgehead atoms. The molecule has 4 rings (SSSR count). The highest BCUT2D eigenvalue weighted by molar-refractivity contribution is 5.96. The summed E-state index contributed by atoms with van der Waals surface area (Å²) in [6, 6.07) is 19.4. The van der Waals surface area contributed by atoms with Gasteiger partial charge in [-0.25, -0.2) is 0 Å². The number of hydrogen-bond donors (Lipinski definition) is 2. The van der Waals surface area contributed by atoms with Gasteiger partial charge in [0.2, 0.25) is 5.91 Å². The Morgan fingerprint density at radius 2 is 1.79 bits per heavy atom. The van der Waals surface area contributed by atoms with Gasteiger partial charge in [-0.2, -0.15) is 5.10 Å². The van der Waals surface area contributed by atoms with Crippen molar-refractivity contribution < 1.29 is 9.59 Å². The topological polar surface area (TPSA) is 81.0 Å². The maximum absolute atomic E-state index is 12.9. The summed E-state index contributed by atoms with van der Waals surface area (Å²) in [5.41, 5.74) is 6.34.